The maximum Gasteiger partial charge on any atom is 0.407 e. The Balaban J connectivity index is 1.19. The van der Waals surface area contributed by atoms with Gasteiger partial charge >= 0.3 is 19.6 Å². The summed E-state index contributed by atoms with van der Waals surface area (Å²) in [7, 11) is 0. The first kappa shape index (κ1) is 36.9. The molecular weight excluding hydrogens is 773 g/mol. The van der Waals surface area contributed by atoms with Crippen LogP contribution in [0.15, 0.2) is 30.3 Å². The molecule has 1 amide bonds. The molecule has 0 radical (unpaired) electrons. The number of imidazole rings is 2. The average molecular weight is 805 g/mol. The Labute approximate surface area is 302 Å². The zero-order valence-electron chi connectivity index (χ0n) is 26.6. The number of carbonyl (C=O) groups excluding carboxylic acids is 1. The van der Waals surface area contributed by atoms with Gasteiger partial charge in [-0.2, -0.15) is 0 Å². The van der Waals surface area contributed by atoms with E-state index in [4.69, 9.17) is 55.6 Å². The summed E-state index contributed by atoms with van der Waals surface area (Å²) in [5.41, 5.74) is 12.6. The Bertz CT molecular complexity index is 2080. The first-order chi connectivity index (χ1) is 24.9. The molecule has 2 unspecified atom stereocenters. The van der Waals surface area contributed by atoms with Gasteiger partial charge in [0.1, 0.15) is 48.1 Å². The number of ether oxygens (including phenoxy) is 3. The molecule has 0 aromatic carbocycles. The first-order valence-electron chi connectivity index (χ1n) is 15.3. The van der Waals surface area contributed by atoms with Crippen LogP contribution in [0.25, 0.3) is 22.3 Å². The van der Waals surface area contributed by atoms with Crippen LogP contribution in [0.1, 0.15) is 18.9 Å². The number of amides is 1. The smallest absolute Gasteiger partial charge is 0.407 e. The molecule has 0 bridgehead atoms. The highest BCUT2D eigenvalue weighted by Crippen LogP contribution is 2.58. The molecule has 3 fully saturated rings. The van der Waals surface area contributed by atoms with Crippen molar-refractivity contribution in [1.82, 2.24) is 44.4 Å². The Morgan fingerprint density at radius 3 is 2.27 bits per heavy atom. The molecule has 280 valence electrons. The minimum absolute atomic E-state index is 0.0500. The van der Waals surface area contributed by atoms with Gasteiger partial charge in [0.15, 0.2) is 47.7 Å². The monoisotopic (exact) mass is 804 g/mol. The molecule has 3 aliphatic rings. The molecule has 4 aromatic heterocycles. The average Bonchev–Trinajstić information content (AvgIpc) is 3.86. The summed E-state index contributed by atoms with van der Waals surface area (Å²) >= 11 is 9.44. The third-order valence-corrected chi connectivity index (χ3v) is 11.4. The van der Waals surface area contributed by atoms with Crippen LogP contribution in [0.4, 0.5) is 20.8 Å². The van der Waals surface area contributed by atoms with E-state index >= 15 is 4.39 Å². The minimum atomic E-state index is -4.44. The normalized spacial score (nSPS) is 33.9. The van der Waals surface area contributed by atoms with Crippen molar-refractivity contribution >= 4 is 84.3 Å². The lowest BCUT2D eigenvalue weighted by molar-refractivity contribution is -0.0579. The molecule has 22 nitrogen and oxygen atoms in total. The predicted molar refractivity (Wildman–Crippen MR) is 184 cm³/mol. The number of nitrogens with zero attached hydrogens (tertiary/aromatic N) is 9. The molecule has 6 N–H and O–H groups in total. The van der Waals surface area contributed by atoms with Crippen molar-refractivity contribution in [3.05, 3.63) is 25.3 Å². The summed E-state index contributed by atoms with van der Waals surface area (Å²) in [6.45, 7) is -6.02. The summed E-state index contributed by atoms with van der Waals surface area (Å²) in [5.74, 6) is 0.110. The third kappa shape index (κ3) is 7.35. The lowest BCUT2D eigenvalue weighted by Gasteiger charge is -2.30. The number of thiol groups is 1. The van der Waals surface area contributed by atoms with E-state index in [0.29, 0.717) is 13.0 Å². The fourth-order valence-electron chi connectivity index (χ4n) is 5.86. The van der Waals surface area contributed by atoms with Gasteiger partial charge in [-0.05, 0) is 24.9 Å². The van der Waals surface area contributed by atoms with Gasteiger partial charge in [-0.3, -0.25) is 22.7 Å². The number of carbonyl (C=O) groups is 1. The molecule has 4 aromatic rings. The first-order valence-corrected chi connectivity index (χ1v) is 20.6. The number of nitrogen functional groups attached to an aromatic ring is 2. The molecule has 27 heteroatoms. The fourth-order valence-corrected chi connectivity index (χ4v) is 8.78. The number of nitrogens with one attached hydrogen (secondary N) is 1. The van der Waals surface area contributed by atoms with Crippen molar-refractivity contribution < 1.29 is 50.9 Å². The van der Waals surface area contributed by atoms with E-state index < -0.39 is 82.0 Å². The molecule has 52 heavy (non-hydrogen) atoms. The number of alkyl carbamates (subject to hydrolysis) is 1. The van der Waals surface area contributed by atoms with Crippen LogP contribution in [0, 0.1) is 0 Å². The molecule has 10 atom stereocenters. The highest BCUT2D eigenvalue weighted by molar-refractivity contribution is 8.44. The summed E-state index contributed by atoms with van der Waals surface area (Å²) < 4.78 is 73.5. The van der Waals surface area contributed by atoms with Crippen LogP contribution in [-0.4, -0.2) is 120 Å². The fraction of sp³-hybridized carbons (Fsp3) is 0.520. The van der Waals surface area contributed by atoms with Crippen LogP contribution in [0.5, 0.6) is 0 Å². The van der Waals surface area contributed by atoms with Gasteiger partial charge in [-0.25, -0.2) is 43.7 Å². The molecule has 7 rings (SSSR count). The van der Waals surface area contributed by atoms with Crippen LogP contribution < -0.4 is 16.8 Å². The van der Waals surface area contributed by atoms with E-state index in [9.17, 15) is 14.3 Å². The molecule has 3 saturated heterocycles. The molecule has 3 aliphatic heterocycles. The number of hydrogen-bond donors (Lipinski definition) is 5. The second kappa shape index (κ2) is 14.7. The Morgan fingerprint density at radius 2 is 1.62 bits per heavy atom. The summed E-state index contributed by atoms with van der Waals surface area (Å²) in [5, 5.41) is 2.59. The summed E-state index contributed by atoms with van der Waals surface area (Å²) in [6.07, 6.45) is -7.38. The van der Waals surface area contributed by atoms with Gasteiger partial charge in [0.2, 0.25) is 0 Å². The zero-order chi connectivity index (χ0) is 36.8. The quantitative estimate of drug-likeness (QED) is 0.0760. The van der Waals surface area contributed by atoms with Crippen molar-refractivity contribution in [1.29, 1.82) is 0 Å². The second-order valence-electron chi connectivity index (χ2n) is 11.5. The number of aliphatic imine (C=N–C) groups is 1. The Hall–Kier alpha value is -3.48. The Kier molecular flexibility index (Phi) is 10.5. The SMILES string of the molecule is C=NCCCNC(=O)O[C@@H]1[C@@H]2OP(=O)(S)OC[C@H]3O[C@@H](n4cnc5c(N)ncnc54)[C@H](F)[C@@H]3OP(O)(=S)OC[C@H]2O[C@H]1n1cnc2c(N)ncnc21. The number of fused-ring (bicyclic) bond motifs is 4. The number of alkyl halides is 1. The number of aromatic nitrogens is 8. The lowest BCUT2D eigenvalue weighted by Crippen LogP contribution is -2.42. The van der Waals surface area contributed by atoms with Crippen LogP contribution in [0.2, 0.25) is 0 Å². The maximum absolute atomic E-state index is 16.2. The number of rotatable bonds is 7. The predicted octanol–water partition coefficient (Wildman–Crippen LogP) is 1.22. The number of halogens is 1. The highest BCUT2D eigenvalue weighted by Gasteiger charge is 2.55. The molecule has 0 spiro atoms. The topological polar surface area (TPSA) is 283 Å². The van der Waals surface area contributed by atoms with Crippen molar-refractivity contribution in [2.75, 3.05) is 37.8 Å². The summed E-state index contributed by atoms with van der Waals surface area (Å²) in [6, 6.07) is 0. The van der Waals surface area contributed by atoms with E-state index in [0.717, 1.165) is 0 Å². The van der Waals surface area contributed by atoms with E-state index in [1.54, 1.807) is 0 Å². The standard InChI is InChI=1S/C25H31FN12O10P2S2/c1-29-3-2-4-30-25(39)46-18-17-12(45-24(18)38-10-36-15-20(28)32-8-34-22(15)38)6-43-49(40,51)47-16-11(5-42-50(41,52)48-17)44-23(13(16)26)37-9-35-14-19(27)31-7-33-21(14)37/h7-13,16-18,23-24H,1-6H2,(H,30,39)(H,40,51)(H,41,52)(H2,27,31,33)(H2,28,32,34)/t11-,12-,13-,16-,17-,18-,23-,24-,49?,50?/m1/s1. The number of nitrogens with two attached hydrogens (primary N) is 2. The van der Waals surface area contributed by atoms with Gasteiger partial charge in [-0.15, -0.1) is 0 Å². The maximum atomic E-state index is 16.2. The molecule has 7 heterocycles. The molecule has 0 aliphatic carbocycles. The van der Waals surface area contributed by atoms with Crippen LogP contribution in [0.3, 0.4) is 0 Å². The van der Waals surface area contributed by atoms with Gasteiger partial charge < -0.3 is 45.4 Å². The summed E-state index contributed by atoms with van der Waals surface area (Å²) in [4.78, 5) is 52.5. The molecule has 0 saturated carbocycles. The second-order valence-corrected chi connectivity index (χ2v) is 17.2. The van der Waals surface area contributed by atoms with E-state index in [1.807, 2.05) is 0 Å². The minimum Gasteiger partial charge on any atom is -0.438 e. The van der Waals surface area contributed by atoms with Crippen LogP contribution >= 0.6 is 25.8 Å². The van der Waals surface area contributed by atoms with E-state index in [2.05, 4.69) is 59.2 Å². The Morgan fingerprint density at radius 1 is 1.02 bits per heavy atom. The van der Waals surface area contributed by atoms with Crippen molar-refractivity contribution in [3.63, 3.8) is 0 Å². The largest absolute Gasteiger partial charge is 0.438 e. The zero-order valence-corrected chi connectivity index (χ0v) is 30.1. The van der Waals surface area contributed by atoms with Gasteiger partial charge in [0.05, 0.1) is 25.9 Å². The highest BCUT2D eigenvalue weighted by atomic mass is 32.7. The van der Waals surface area contributed by atoms with Crippen molar-refractivity contribution in [2.24, 2.45) is 4.99 Å². The number of hydrogen-bond acceptors (Lipinski definition) is 19. The van der Waals surface area contributed by atoms with Gasteiger partial charge in [0, 0.05) is 13.1 Å². The molecular formula is C25H31FN12O10P2S2. The van der Waals surface area contributed by atoms with E-state index in [-0.39, 0.29) is 40.5 Å². The van der Waals surface area contributed by atoms with Crippen LogP contribution in [-0.2, 0) is 48.7 Å². The lowest BCUT2D eigenvalue weighted by atomic mass is 10.1. The van der Waals surface area contributed by atoms with E-state index in [1.165, 1.54) is 34.4 Å². The van der Waals surface area contributed by atoms with Crippen molar-refractivity contribution in [3.8, 4) is 0 Å². The van der Waals surface area contributed by atoms with Gasteiger partial charge in [-0.1, -0.05) is 12.2 Å². The van der Waals surface area contributed by atoms with Gasteiger partial charge in [0.25, 0.3) is 0 Å². The van der Waals surface area contributed by atoms with Crippen molar-refractivity contribution in [2.45, 2.75) is 55.6 Å². The number of anilines is 2. The third-order valence-electron chi connectivity index (χ3n) is 8.19.